The average Bonchev–Trinajstić information content (AvgIpc) is 3.40. The van der Waals surface area contributed by atoms with E-state index in [-0.39, 0.29) is 12.3 Å². The van der Waals surface area contributed by atoms with E-state index in [1.807, 2.05) is 25.1 Å². The molecule has 4 aromatic rings. The van der Waals surface area contributed by atoms with Crippen molar-refractivity contribution < 1.29 is 9.21 Å². The standard InChI is InChI=1S/C22H19N3O2S/c1-13-21(18-7-2-3-8-23-18)28-22(24-13)25-20(26)11-16-12-27-19-10-15-6-4-5-14(15)9-17(16)19/h2-3,7-10,12H,4-6,11H2,1H3,(H,24,25,26). The molecule has 28 heavy (non-hydrogen) atoms. The van der Waals surface area contributed by atoms with E-state index >= 15 is 0 Å². The van der Waals surface area contributed by atoms with Crippen LogP contribution in [0, 0.1) is 6.92 Å². The average molecular weight is 389 g/mol. The Morgan fingerprint density at radius 2 is 2.11 bits per heavy atom. The van der Waals surface area contributed by atoms with Crippen LogP contribution < -0.4 is 5.32 Å². The minimum Gasteiger partial charge on any atom is -0.464 e. The third-order valence-corrected chi connectivity index (χ3v) is 6.26. The maximum Gasteiger partial charge on any atom is 0.230 e. The number of rotatable bonds is 4. The lowest BCUT2D eigenvalue weighted by Crippen LogP contribution is -2.14. The second-order valence-corrected chi connectivity index (χ2v) is 8.10. The number of nitrogens with zero attached hydrogens (tertiary/aromatic N) is 2. The van der Waals surface area contributed by atoms with Crippen LogP contribution in [0.1, 0.15) is 28.8 Å². The number of carbonyl (C=O) groups is 1. The van der Waals surface area contributed by atoms with E-state index in [1.165, 1.54) is 28.9 Å². The van der Waals surface area contributed by atoms with Crippen LogP contribution in [0.3, 0.4) is 0 Å². The minimum absolute atomic E-state index is 0.0930. The van der Waals surface area contributed by atoms with Crippen molar-refractivity contribution >= 4 is 33.3 Å². The number of fused-ring (bicyclic) bond motifs is 2. The molecule has 0 saturated heterocycles. The van der Waals surface area contributed by atoms with Gasteiger partial charge in [0.05, 0.1) is 28.9 Å². The number of pyridine rings is 1. The summed E-state index contributed by atoms with van der Waals surface area (Å²) in [7, 11) is 0. The van der Waals surface area contributed by atoms with Gasteiger partial charge in [-0.05, 0) is 61.6 Å². The first kappa shape index (κ1) is 17.1. The SMILES string of the molecule is Cc1nc(NC(=O)Cc2coc3cc4c(cc23)CCC4)sc1-c1ccccn1. The predicted molar refractivity (Wildman–Crippen MR) is 111 cm³/mol. The number of hydrogen-bond acceptors (Lipinski definition) is 5. The van der Waals surface area contributed by atoms with Crippen molar-refractivity contribution in [3.8, 4) is 10.6 Å². The van der Waals surface area contributed by atoms with Crippen LogP contribution in [0.2, 0.25) is 0 Å². The summed E-state index contributed by atoms with van der Waals surface area (Å²) in [5.41, 5.74) is 6.27. The Hall–Kier alpha value is -2.99. The van der Waals surface area contributed by atoms with Crippen LogP contribution in [-0.2, 0) is 24.1 Å². The molecule has 1 amide bonds. The summed E-state index contributed by atoms with van der Waals surface area (Å²) >= 11 is 1.44. The molecule has 3 aromatic heterocycles. The molecule has 1 aliphatic carbocycles. The van der Waals surface area contributed by atoms with Gasteiger partial charge in [0.1, 0.15) is 5.58 Å². The number of benzene rings is 1. The van der Waals surface area contributed by atoms with Crippen molar-refractivity contribution in [2.45, 2.75) is 32.6 Å². The van der Waals surface area contributed by atoms with E-state index < -0.39 is 0 Å². The summed E-state index contributed by atoms with van der Waals surface area (Å²) in [5.74, 6) is -0.0930. The quantitative estimate of drug-likeness (QED) is 0.537. The normalized spacial score (nSPS) is 13.0. The van der Waals surface area contributed by atoms with Gasteiger partial charge < -0.3 is 9.73 Å². The fourth-order valence-corrected chi connectivity index (χ4v) is 4.77. The molecule has 140 valence electrons. The van der Waals surface area contributed by atoms with Crippen LogP contribution in [0.15, 0.2) is 47.2 Å². The van der Waals surface area contributed by atoms with Crippen LogP contribution in [-0.4, -0.2) is 15.9 Å². The molecule has 1 aliphatic rings. The Labute approximate surface area is 166 Å². The molecule has 0 saturated carbocycles. The van der Waals surface area contributed by atoms with E-state index in [4.69, 9.17) is 4.42 Å². The van der Waals surface area contributed by atoms with Crippen molar-refractivity contribution in [1.29, 1.82) is 0 Å². The van der Waals surface area contributed by atoms with Gasteiger partial charge in [0, 0.05) is 17.1 Å². The second kappa shape index (κ2) is 6.87. The number of hydrogen-bond donors (Lipinski definition) is 1. The number of thiazole rings is 1. The van der Waals surface area contributed by atoms with Crippen molar-refractivity contribution in [1.82, 2.24) is 9.97 Å². The topological polar surface area (TPSA) is 68.0 Å². The lowest BCUT2D eigenvalue weighted by molar-refractivity contribution is -0.115. The number of anilines is 1. The molecular formula is C22H19N3O2S. The molecule has 5 nitrogen and oxygen atoms in total. The van der Waals surface area contributed by atoms with Crippen molar-refractivity contribution in [2.24, 2.45) is 0 Å². The van der Waals surface area contributed by atoms with Crippen molar-refractivity contribution in [2.75, 3.05) is 5.32 Å². The summed E-state index contributed by atoms with van der Waals surface area (Å²) in [4.78, 5) is 22.4. The maximum atomic E-state index is 12.6. The molecule has 6 heteroatoms. The fourth-order valence-electron chi connectivity index (χ4n) is 3.81. The van der Waals surface area contributed by atoms with Crippen molar-refractivity contribution in [3.05, 3.63) is 65.2 Å². The lowest BCUT2D eigenvalue weighted by atomic mass is 10.0. The lowest BCUT2D eigenvalue weighted by Gasteiger charge is -2.02. The molecule has 0 fully saturated rings. The summed E-state index contributed by atoms with van der Waals surface area (Å²) in [6.07, 6.45) is 7.14. The zero-order valence-electron chi connectivity index (χ0n) is 15.5. The molecule has 0 aliphatic heterocycles. The van der Waals surface area contributed by atoms with E-state index in [0.717, 1.165) is 45.6 Å². The Bertz CT molecular complexity index is 1180. The highest BCUT2D eigenvalue weighted by Crippen LogP contribution is 2.32. The molecular weight excluding hydrogens is 370 g/mol. The first-order chi connectivity index (χ1) is 13.7. The molecule has 0 unspecified atom stereocenters. The first-order valence-electron chi connectivity index (χ1n) is 9.38. The van der Waals surface area contributed by atoms with Crippen LogP contribution in [0.4, 0.5) is 5.13 Å². The third kappa shape index (κ3) is 3.10. The van der Waals surface area contributed by atoms with E-state index in [1.54, 1.807) is 12.5 Å². The number of nitrogens with one attached hydrogen (secondary N) is 1. The number of carbonyl (C=O) groups excluding carboxylic acids is 1. The molecule has 0 atom stereocenters. The molecule has 0 radical (unpaired) electrons. The number of aromatic nitrogens is 2. The summed E-state index contributed by atoms with van der Waals surface area (Å²) in [6, 6.07) is 10.1. The first-order valence-corrected chi connectivity index (χ1v) is 10.2. The van der Waals surface area contributed by atoms with Gasteiger partial charge in [-0.1, -0.05) is 17.4 Å². The predicted octanol–water partition coefficient (Wildman–Crippen LogP) is 4.93. The Balaban J connectivity index is 1.35. The van der Waals surface area contributed by atoms with Gasteiger partial charge in [-0.2, -0.15) is 0 Å². The maximum absolute atomic E-state index is 12.6. The van der Waals surface area contributed by atoms with E-state index in [9.17, 15) is 4.79 Å². The van der Waals surface area contributed by atoms with Crippen LogP contribution in [0.25, 0.3) is 21.5 Å². The van der Waals surface area contributed by atoms with E-state index in [2.05, 4.69) is 27.4 Å². The Kier molecular flexibility index (Phi) is 4.20. The minimum atomic E-state index is -0.0930. The van der Waals surface area contributed by atoms with Crippen molar-refractivity contribution in [3.63, 3.8) is 0 Å². The van der Waals surface area contributed by atoms with Crippen LogP contribution in [0.5, 0.6) is 0 Å². The number of amides is 1. The molecule has 5 rings (SSSR count). The van der Waals surface area contributed by atoms with E-state index in [0.29, 0.717) is 5.13 Å². The van der Waals surface area contributed by atoms with Gasteiger partial charge in [-0.3, -0.25) is 9.78 Å². The highest BCUT2D eigenvalue weighted by Gasteiger charge is 2.18. The highest BCUT2D eigenvalue weighted by atomic mass is 32.1. The summed E-state index contributed by atoms with van der Waals surface area (Å²) in [6.45, 7) is 1.93. The van der Waals surface area contributed by atoms with Gasteiger partial charge in [0.15, 0.2) is 5.13 Å². The number of furan rings is 1. The summed E-state index contributed by atoms with van der Waals surface area (Å²) < 4.78 is 5.71. The summed E-state index contributed by atoms with van der Waals surface area (Å²) in [5, 5.41) is 4.56. The molecule has 0 bridgehead atoms. The Morgan fingerprint density at radius 1 is 1.25 bits per heavy atom. The molecule has 1 aromatic carbocycles. The van der Waals surface area contributed by atoms with Gasteiger partial charge in [0.2, 0.25) is 5.91 Å². The van der Waals surface area contributed by atoms with Gasteiger partial charge in [0.25, 0.3) is 0 Å². The molecule has 0 spiro atoms. The highest BCUT2D eigenvalue weighted by molar-refractivity contribution is 7.19. The zero-order valence-corrected chi connectivity index (χ0v) is 16.3. The number of aryl methyl sites for hydroxylation is 3. The zero-order chi connectivity index (χ0) is 19.1. The van der Waals surface area contributed by atoms with Crippen LogP contribution >= 0.6 is 11.3 Å². The van der Waals surface area contributed by atoms with Gasteiger partial charge in [-0.25, -0.2) is 4.98 Å². The molecule has 1 N–H and O–H groups in total. The Morgan fingerprint density at radius 3 is 2.93 bits per heavy atom. The smallest absolute Gasteiger partial charge is 0.230 e. The molecule has 3 heterocycles. The van der Waals surface area contributed by atoms with Gasteiger partial charge >= 0.3 is 0 Å². The largest absolute Gasteiger partial charge is 0.464 e. The third-order valence-electron chi connectivity index (χ3n) is 5.16. The fraction of sp³-hybridized carbons (Fsp3) is 0.227. The monoisotopic (exact) mass is 389 g/mol. The van der Waals surface area contributed by atoms with Gasteiger partial charge in [-0.15, -0.1) is 0 Å². The second-order valence-electron chi connectivity index (χ2n) is 7.11.